The molecule has 0 unspecified atom stereocenters. The third kappa shape index (κ3) is 3.60. The molecule has 33 heavy (non-hydrogen) atoms. The number of aryl methyl sites for hydroxylation is 2. The quantitative estimate of drug-likeness (QED) is 0.371. The minimum absolute atomic E-state index is 0.720. The average Bonchev–Trinajstić information content (AvgIpc) is 3.51. The van der Waals surface area contributed by atoms with E-state index in [0.29, 0.717) is 0 Å². The summed E-state index contributed by atoms with van der Waals surface area (Å²) in [6.45, 7) is 5.73. The van der Waals surface area contributed by atoms with E-state index in [2.05, 4.69) is 111 Å². The summed E-state index contributed by atoms with van der Waals surface area (Å²) >= 11 is 1.77. The van der Waals surface area contributed by atoms with E-state index in [1.54, 1.807) is 11.3 Å². The zero-order valence-electron chi connectivity index (χ0n) is 18.6. The highest BCUT2D eigenvalue weighted by molar-refractivity contribution is 7.22. The molecule has 6 aromatic rings. The van der Waals surface area contributed by atoms with Crippen LogP contribution in [0.3, 0.4) is 0 Å². The molecule has 0 aliphatic rings. The van der Waals surface area contributed by atoms with Crippen molar-refractivity contribution in [2.75, 3.05) is 0 Å². The van der Waals surface area contributed by atoms with Crippen molar-refractivity contribution in [3.63, 3.8) is 0 Å². The first-order valence-electron chi connectivity index (χ1n) is 11.0. The fourth-order valence-corrected chi connectivity index (χ4v) is 5.55. The number of hydrogen-bond acceptors (Lipinski definition) is 3. The van der Waals surface area contributed by atoms with Crippen molar-refractivity contribution >= 4 is 26.5 Å². The van der Waals surface area contributed by atoms with Crippen molar-refractivity contribution in [3.8, 4) is 5.69 Å². The lowest BCUT2D eigenvalue weighted by Crippen LogP contribution is -2.30. The van der Waals surface area contributed by atoms with Crippen LogP contribution in [0.4, 0.5) is 0 Å². The van der Waals surface area contributed by atoms with Crippen molar-refractivity contribution in [3.05, 3.63) is 108 Å². The molecule has 7 heteroatoms. The van der Waals surface area contributed by atoms with Gasteiger partial charge in [0.1, 0.15) is 24.3 Å². The van der Waals surface area contributed by atoms with Gasteiger partial charge in [0.2, 0.25) is 6.33 Å². The lowest BCUT2D eigenvalue weighted by Gasteiger charge is -2.05. The molecule has 0 aliphatic carbocycles. The Morgan fingerprint density at radius 2 is 1.58 bits per heavy atom. The maximum Gasteiger partial charge on any atom is 0.324 e. The molecule has 0 spiro atoms. The number of fused-ring (bicyclic) bond motifs is 3. The maximum atomic E-state index is 4.64. The summed E-state index contributed by atoms with van der Waals surface area (Å²) in [5, 5.41) is 9.24. The van der Waals surface area contributed by atoms with Crippen LogP contribution in [-0.2, 0) is 13.1 Å². The molecule has 6 rings (SSSR count). The van der Waals surface area contributed by atoms with Crippen LogP contribution in [-0.4, -0.2) is 19.6 Å². The van der Waals surface area contributed by atoms with Crippen molar-refractivity contribution in [2.24, 2.45) is 0 Å². The summed E-state index contributed by atoms with van der Waals surface area (Å²) in [6, 6.07) is 23.5. The van der Waals surface area contributed by atoms with Gasteiger partial charge in [-0.05, 0) is 54.3 Å². The fraction of sp³-hybridized carbons (Fsp3) is 0.154. The number of nitrogens with zero attached hydrogens (tertiary/aromatic N) is 6. The second-order valence-electron chi connectivity index (χ2n) is 8.42. The molecule has 0 atom stereocenters. The van der Waals surface area contributed by atoms with Crippen molar-refractivity contribution in [1.82, 2.24) is 19.6 Å². The van der Waals surface area contributed by atoms with Crippen molar-refractivity contribution < 1.29 is 8.97 Å². The highest BCUT2D eigenvalue weighted by atomic mass is 32.1. The number of hydrogen-bond donors (Lipinski definition) is 0. The van der Waals surface area contributed by atoms with Gasteiger partial charge < -0.3 is 0 Å². The zero-order chi connectivity index (χ0) is 22.4. The molecule has 0 radical (unpaired) electrons. The van der Waals surface area contributed by atoms with Gasteiger partial charge in [0.25, 0.3) is 12.7 Å². The molecule has 3 aromatic carbocycles. The molecular weight excluding hydrogens is 428 g/mol. The number of thiazole rings is 1. The van der Waals surface area contributed by atoms with Gasteiger partial charge in [0.05, 0.1) is 4.70 Å². The summed E-state index contributed by atoms with van der Waals surface area (Å²) in [5.74, 6) is 0. The largest absolute Gasteiger partial charge is 0.324 e. The first-order chi connectivity index (χ1) is 16.2. The maximum absolute atomic E-state index is 4.64. The molecule has 6 nitrogen and oxygen atoms in total. The second-order valence-corrected chi connectivity index (χ2v) is 9.43. The fourth-order valence-electron chi connectivity index (χ4n) is 4.48. The Balaban J connectivity index is 1.25. The smallest absolute Gasteiger partial charge is 0.203 e. The Bertz CT molecular complexity index is 1590. The van der Waals surface area contributed by atoms with E-state index >= 15 is 0 Å². The van der Waals surface area contributed by atoms with E-state index in [0.717, 1.165) is 18.1 Å². The summed E-state index contributed by atoms with van der Waals surface area (Å²) in [4.78, 5) is 1.14. The SMILES string of the molecule is Cc1cccc(C)c1-[n+]1cnn(Cc2cccc(Cn3nc[n+]4c5ccccc5sc34)c2)c1. The van der Waals surface area contributed by atoms with Gasteiger partial charge >= 0.3 is 4.96 Å². The van der Waals surface area contributed by atoms with E-state index in [1.807, 2.05) is 17.3 Å². The van der Waals surface area contributed by atoms with Gasteiger partial charge in [-0.1, -0.05) is 64.5 Å². The van der Waals surface area contributed by atoms with Crippen molar-refractivity contribution in [1.29, 1.82) is 0 Å². The van der Waals surface area contributed by atoms with Gasteiger partial charge in [-0.15, -0.1) is 4.68 Å². The molecule has 0 saturated heterocycles. The molecule has 0 fully saturated rings. The van der Waals surface area contributed by atoms with Gasteiger partial charge in [0, 0.05) is 10.2 Å². The normalized spacial score (nSPS) is 11.6. The highest BCUT2D eigenvalue weighted by Gasteiger charge is 2.18. The predicted molar refractivity (Wildman–Crippen MR) is 129 cm³/mol. The first-order valence-corrected chi connectivity index (χ1v) is 11.8. The predicted octanol–water partition coefficient (Wildman–Crippen LogP) is 4.02. The average molecular weight is 453 g/mol. The number of para-hydroxylation sites is 2. The Kier molecular flexibility index (Phi) is 4.77. The molecule has 0 N–H and O–H groups in total. The Hall–Kier alpha value is -3.84. The lowest BCUT2D eigenvalue weighted by molar-refractivity contribution is -0.597. The first kappa shape index (κ1) is 19.8. The third-order valence-electron chi connectivity index (χ3n) is 6.01. The third-order valence-corrected chi connectivity index (χ3v) is 7.16. The topological polar surface area (TPSA) is 43.6 Å². The van der Waals surface area contributed by atoms with E-state index < -0.39 is 0 Å². The standard InChI is InChI=1S/C26H24N6S/c1-19-7-5-8-20(2)25(19)29-16-27-30(18-29)14-21-9-6-10-22(13-21)15-32-26-31(17-28-32)23-11-3-4-12-24(23)33-26/h3-13,16-18H,14-15H2,1-2H3/q+2. The van der Waals surface area contributed by atoms with Crippen LogP contribution in [0, 0.1) is 13.8 Å². The minimum atomic E-state index is 0.720. The van der Waals surface area contributed by atoms with E-state index in [-0.39, 0.29) is 0 Å². The summed E-state index contributed by atoms with van der Waals surface area (Å²) in [6.07, 6.45) is 5.86. The zero-order valence-corrected chi connectivity index (χ0v) is 19.4. The number of benzene rings is 3. The van der Waals surface area contributed by atoms with Crippen LogP contribution < -0.4 is 8.97 Å². The molecular formula is C26H24N6S+2. The van der Waals surface area contributed by atoms with E-state index in [9.17, 15) is 0 Å². The van der Waals surface area contributed by atoms with Crippen LogP contribution in [0.1, 0.15) is 22.3 Å². The summed E-state index contributed by atoms with van der Waals surface area (Å²) in [5.41, 5.74) is 7.33. The summed E-state index contributed by atoms with van der Waals surface area (Å²) < 4.78 is 9.60. The van der Waals surface area contributed by atoms with Crippen molar-refractivity contribution in [2.45, 2.75) is 26.9 Å². The molecule has 162 valence electrons. The summed E-state index contributed by atoms with van der Waals surface area (Å²) in [7, 11) is 0. The van der Waals surface area contributed by atoms with Gasteiger partial charge in [0.15, 0.2) is 0 Å². The molecule has 0 aliphatic heterocycles. The molecule has 0 saturated carbocycles. The Morgan fingerprint density at radius 3 is 2.42 bits per heavy atom. The molecule has 0 amide bonds. The van der Waals surface area contributed by atoms with Gasteiger partial charge in [-0.3, -0.25) is 0 Å². The van der Waals surface area contributed by atoms with Crippen LogP contribution >= 0.6 is 11.3 Å². The van der Waals surface area contributed by atoms with Crippen LogP contribution in [0.15, 0.2) is 85.7 Å². The molecule has 0 bridgehead atoms. The Morgan fingerprint density at radius 1 is 0.818 bits per heavy atom. The highest BCUT2D eigenvalue weighted by Crippen LogP contribution is 2.21. The van der Waals surface area contributed by atoms with Gasteiger partial charge in [-0.2, -0.15) is 4.40 Å². The van der Waals surface area contributed by atoms with E-state index in [4.69, 9.17) is 0 Å². The van der Waals surface area contributed by atoms with Crippen LogP contribution in [0.2, 0.25) is 0 Å². The van der Waals surface area contributed by atoms with Gasteiger partial charge in [-0.25, -0.2) is 4.57 Å². The lowest BCUT2D eigenvalue weighted by atomic mass is 10.1. The van der Waals surface area contributed by atoms with Crippen LogP contribution in [0.25, 0.3) is 20.9 Å². The Labute approximate surface area is 195 Å². The molecule has 3 aromatic heterocycles. The van der Waals surface area contributed by atoms with E-state index in [1.165, 1.54) is 38.2 Å². The number of rotatable bonds is 5. The minimum Gasteiger partial charge on any atom is -0.203 e. The molecule has 3 heterocycles. The monoisotopic (exact) mass is 452 g/mol. The van der Waals surface area contributed by atoms with Crippen LogP contribution in [0.5, 0.6) is 0 Å². The number of aromatic nitrogens is 6. The second kappa shape index (κ2) is 7.94.